The summed E-state index contributed by atoms with van der Waals surface area (Å²) < 4.78 is 57.5. The van der Waals surface area contributed by atoms with Crippen LogP contribution in [0.4, 0.5) is 14.5 Å². The fourth-order valence-corrected chi connectivity index (χ4v) is 4.96. The second-order valence-electron chi connectivity index (χ2n) is 8.63. The van der Waals surface area contributed by atoms with E-state index in [0.29, 0.717) is 22.6 Å². The van der Waals surface area contributed by atoms with Crippen molar-refractivity contribution in [3.63, 3.8) is 0 Å². The standard InChI is InChI=1S/C24H24F2N6O3S/c1-2-36(34,35)31-20-4-3-19(25)21(22(20)26)23(33)18-12-29-24-17(18)9-14(10-28-24)15-11-30-32(13-15)16-5-7-27-8-6-16/h3-4,9-13,16,27,31H,2,5-8H2,1H3,(H,28,29). The smallest absolute Gasteiger partial charge is 0.232 e. The molecule has 1 aliphatic rings. The van der Waals surface area contributed by atoms with E-state index in [1.54, 1.807) is 18.5 Å². The average molecular weight is 515 g/mol. The number of anilines is 1. The Labute approximate surface area is 206 Å². The van der Waals surface area contributed by atoms with Gasteiger partial charge in [-0.1, -0.05) is 0 Å². The molecular weight excluding hydrogens is 490 g/mol. The van der Waals surface area contributed by atoms with Gasteiger partial charge in [-0.05, 0) is 51.1 Å². The number of nitrogens with zero attached hydrogens (tertiary/aromatic N) is 3. The number of rotatable bonds is 7. The number of benzene rings is 1. The molecule has 0 aliphatic carbocycles. The first-order valence-corrected chi connectivity index (χ1v) is 13.2. The fourth-order valence-electron chi connectivity index (χ4n) is 4.32. The Hall–Kier alpha value is -3.64. The number of ketones is 1. The number of hydrogen-bond acceptors (Lipinski definition) is 6. The van der Waals surface area contributed by atoms with E-state index in [1.165, 1.54) is 13.1 Å². The molecule has 1 fully saturated rings. The van der Waals surface area contributed by atoms with Crippen LogP contribution in [-0.4, -0.2) is 52.8 Å². The summed E-state index contributed by atoms with van der Waals surface area (Å²) in [7, 11) is -3.83. The molecule has 4 aromatic rings. The first-order chi connectivity index (χ1) is 17.3. The van der Waals surface area contributed by atoms with Crippen LogP contribution >= 0.6 is 0 Å². The van der Waals surface area contributed by atoms with Crippen molar-refractivity contribution in [2.24, 2.45) is 0 Å². The molecule has 0 spiro atoms. The molecule has 1 saturated heterocycles. The highest BCUT2D eigenvalue weighted by atomic mass is 32.2. The van der Waals surface area contributed by atoms with Gasteiger partial charge in [0.15, 0.2) is 5.82 Å². The summed E-state index contributed by atoms with van der Waals surface area (Å²) in [6.45, 7) is 3.23. The molecule has 0 atom stereocenters. The third-order valence-corrected chi connectivity index (χ3v) is 7.65. The van der Waals surface area contributed by atoms with Crippen molar-refractivity contribution in [3.8, 4) is 11.1 Å². The summed E-state index contributed by atoms with van der Waals surface area (Å²) in [4.78, 5) is 20.5. The van der Waals surface area contributed by atoms with Crippen LogP contribution in [-0.2, 0) is 10.0 Å². The van der Waals surface area contributed by atoms with Crippen LogP contribution in [0.1, 0.15) is 41.7 Å². The second kappa shape index (κ2) is 9.43. The first kappa shape index (κ1) is 24.1. The molecule has 36 heavy (non-hydrogen) atoms. The van der Waals surface area contributed by atoms with Crippen molar-refractivity contribution in [1.29, 1.82) is 0 Å². The molecule has 1 aliphatic heterocycles. The maximum absolute atomic E-state index is 15.1. The van der Waals surface area contributed by atoms with E-state index in [4.69, 9.17) is 0 Å². The predicted octanol–water partition coefficient (Wildman–Crippen LogP) is 3.62. The lowest BCUT2D eigenvalue weighted by atomic mass is 10.0. The Bertz CT molecular complexity index is 1560. The van der Waals surface area contributed by atoms with Gasteiger partial charge in [0.25, 0.3) is 0 Å². The number of fused-ring (bicyclic) bond motifs is 1. The normalized spacial score (nSPS) is 14.9. The number of aromatic nitrogens is 4. The highest BCUT2D eigenvalue weighted by molar-refractivity contribution is 7.92. The Morgan fingerprint density at radius 3 is 2.72 bits per heavy atom. The van der Waals surface area contributed by atoms with Crippen molar-refractivity contribution in [2.45, 2.75) is 25.8 Å². The Morgan fingerprint density at radius 1 is 1.19 bits per heavy atom. The quantitative estimate of drug-likeness (QED) is 0.324. The van der Waals surface area contributed by atoms with Crippen molar-refractivity contribution in [3.05, 3.63) is 65.7 Å². The Morgan fingerprint density at radius 2 is 1.97 bits per heavy atom. The number of piperidine rings is 1. The highest BCUT2D eigenvalue weighted by Gasteiger charge is 2.26. The Balaban J connectivity index is 1.51. The maximum atomic E-state index is 15.1. The predicted molar refractivity (Wildman–Crippen MR) is 131 cm³/mol. The molecule has 0 saturated carbocycles. The minimum atomic E-state index is -3.83. The third kappa shape index (κ3) is 4.49. The van der Waals surface area contributed by atoms with Gasteiger partial charge in [0.05, 0.1) is 29.2 Å². The fraction of sp³-hybridized carbons (Fsp3) is 0.292. The van der Waals surface area contributed by atoms with Crippen LogP contribution in [0.3, 0.4) is 0 Å². The minimum Gasteiger partial charge on any atom is -0.345 e. The summed E-state index contributed by atoms with van der Waals surface area (Å²) in [5.74, 6) is -3.62. The molecule has 3 N–H and O–H groups in total. The zero-order valence-electron chi connectivity index (χ0n) is 19.4. The van der Waals surface area contributed by atoms with E-state index in [9.17, 15) is 17.6 Å². The number of halogens is 2. The summed E-state index contributed by atoms with van der Waals surface area (Å²) in [5, 5.41) is 8.19. The molecule has 4 heterocycles. The number of H-pyrrole nitrogens is 1. The lowest BCUT2D eigenvalue weighted by molar-refractivity contribution is 0.103. The van der Waals surface area contributed by atoms with Gasteiger partial charge in [-0.3, -0.25) is 14.2 Å². The molecule has 9 nitrogen and oxygen atoms in total. The monoisotopic (exact) mass is 514 g/mol. The number of aromatic amines is 1. The van der Waals surface area contributed by atoms with E-state index in [-0.39, 0.29) is 11.3 Å². The molecule has 5 rings (SSSR count). The van der Waals surface area contributed by atoms with E-state index in [2.05, 4.69) is 20.4 Å². The molecule has 0 radical (unpaired) electrons. The van der Waals surface area contributed by atoms with Crippen LogP contribution in [0.2, 0.25) is 0 Å². The molecule has 1 aromatic carbocycles. The van der Waals surface area contributed by atoms with Gasteiger partial charge in [0.2, 0.25) is 15.8 Å². The molecule has 12 heteroatoms. The molecule has 3 aromatic heterocycles. The minimum absolute atomic E-state index is 0.0124. The molecule has 0 unspecified atom stereocenters. The SMILES string of the molecule is CCS(=O)(=O)Nc1ccc(F)c(C(=O)c2c[nH]c3ncc(-c4cnn(C5CCNCC5)c4)cc23)c1F. The van der Waals surface area contributed by atoms with Gasteiger partial charge in [0.1, 0.15) is 11.5 Å². The van der Waals surface area contributed by atoms with E-state index >= 15 is 4.39 Å². The number of carbonyl (C=O) groups excluding carboxylic acids is 1. The summed E-state index contributed by atoms with van der Waals surface area (Å²) in [6, 6.07) is 3.82. The van der Waals surface area contributed by atoms with Gasteiger partial charge in [-0.15, -0.1) is 0 Å². The van der Waals surface area contributed by atoms with Crippen molar-refractivity contribution >= 4 is 32.5 Å². The van der Waals surface area contributed by atoms with Gasteiger partial charge < -0.3 is 10.3 Å². The summed E-state index contributed by atoms with van der Waals surface area (Å²) in [6.07, 6.45) is 8.57. The van der Waals surface area contributed by atoms with E-state index < -0.39 is 38.7 Å². The average Bonchev–Trinajstić information content (AvgIpc) is 3.54. The first-order valence-electron chi connectivity index (χ1n) is 11.5. The number of pyridine rings is 1. The van der Waals surface area contributed by atoms with Crippen molar-refractivity contribution in [1.82, 2.24) is 25.1 Å². The van der Waals surface area contributed by atoms with E-state index in [1.807, 2.05) is 15.6 Å². The van der Waals surface area contributed by atoms with Crippen LogP contribution in [0.25, 0.3) is 22.2 Å². The van der Waals surface area contributed by atoms with Crippen LogP contribution < -0.4 is 10.0 Å². The zero-order valence-corrected chi connectivity index (χ0v) is 20.2. The lowest BCUT2D eigenvalue weighted by Crippen LogP contribution is -2.29. The number of hydrogen-bond donors (Lipinski definition) is 3. The van der Waals surface area contributed by atoms with Gasteiger partial charge in [-0.2, -0.15) is 5.10 Å². The third-order valence-electron chi connectivity index (χ3n) is 6.36. The van der Waals surface area contributed by atoms with E-state index in [0.717, 1.165) is 43.6 Å². The van der Waals surface area contributed by atoms with Crippen LogP contribution in [0.5, 0.6) is 0 Å². The lowest BCUT2D eigenvalue weighted by Gasteiger charge is -2.22. The molecule has 188 valence electrons. The number of sulfonamides is 1. The largest absolute Gasteiger partial charge is 0.345 e. The summed E-state index contributed by atoms with van der Waals surface area (Å²) >= 11 is 0. The van der Waals surface area contributed by atoms with Crippen molar-refractivity contribution < 1.29 is 22.0 Å². The topological polar surface area (TPSA) is 122 Å². The maximum Gasteiger partial charge on any atom is 0.232 e. The molecule has 0 bridgehead atoms. The van der Waals surface area contributed by atoms with Crippen molar-refractivity contribution in [2.75, 3.05) is 23.6 Å². The van der Waals surface area contributed by atoms with Crippen LogP contribution in [0.15, 0.2) is 43.0 Å². The number of nitrogens with one attached hydrogen (secondary N) is 3. The van der Waals surface area contributed by atoms with Gasteiger partial charge in [0, 0.05) is 40.7 Å². The number of carbonyl (C=O) groups is 1. The highest BCUT2D eigenvalue weighted by Crippen LogP contribution is 2.30. The summed E-state index contributed by atoms with van der Waals surface area (Å²) in [5.41, 5.74) is 0.536. The Kier molecular flexibility index (Phi) is 6.31. The zero-order chi connectivity index (χ0) is 25.4. The molecular formula is C24H24F2N6O3S. The van der Waals surface area contributed by atoms with Gasteiger partial charge in [-0.25, -0.2) is 22.2 Å². The van der Waals surface area contributed by atoms with Crippen LogP contribution in [0, 0.1) is 11.6 Å². The molecule has 0 amide bonds. The van der Waals surface area contributed by atoms with Gasteiger partial charge >= 0.3 is 0 Å². The second-order valence-corrected chi connectivity index (χ2v) is 10.6.